The SMILES string of the molecule is CCCCN(C)C(=O)c1nc(C(=O)Nc2ccccc2C#N)n2c1CCCC2. The lowest BCUT2D eigenvalue weighted by Crippen LogP contribution is -2.29. The van der Waals surface area contributed by atoms with Crippen molar-refractivity contribution in [1.82, 2.24) is 14.5 Å². The third kappa shape index (κ3) is 3.91. The highest BCUT2D eigenvalue weighted by atomic mass is 16.2. The minimum atomic E-state index is -0.402. The van der Waals surface area contributed by atoms with Crippen LogP contribution in [-0.4, -0.2) is 39.9 Å². The first-order chi connectivity index (χ1) is 13.6. The number of fused-ring (bicyclic) bond motifs is 1. The lowest BCUT2D eigenvalue weighted by Gasteiger charge is -2.19. The van der Waals surface area contributed by atoms with Crippen molar-refractivity contribution < 1.29 is 9.59 Å². The first-order valence-electron chi connectivity index (χ1n) is 9.72. The molecule has 7 heteroatoms. The number of amides is 2. The quantitative estimate of drug-likeness (QED) is 0.834. The minimum absolute atomic E-state index is 0.143. The highest BCUT2D eigenvalue weighted by Crippen LogP contribution is 2.23. The Kier molecular flexibility index (Phi) is 6.09. The highest BCUT2D eigenvalue weighted by Gasteiger charge is 2.29. The molecule has 1 aliphatic rings. The molecule has 0 atom stereocenters. The van der Waals surface area contributed by atoms with Gasteiger partial charge < -0.3 is 14.8 Å². The summed E-state index contributed by atoms with van der Waals surface area (Å²) in [6, 6.07) is 8.90. The number of carbonyl (C=O) groups is 2. The molecular formula is C21H25N5O2. The third-order valence-electron chi connectivity index (χ3n) is 5.01. The van der Waals surface area contributed by atoms with E-state index >= 15 is 0 Å². The van der Waals surface area contributed by atoms with Gasteiger partial charge >= 0.3 is 0 Å². The molecule has 1 N–H and O–H groups in total. The lowest BCUT2D eigenvalue weighted by molar-refractivity contribution is 0.0786. The number of nitriles is 1. The lowest BCUT2D eigenvalue weighted by atomic mass is 10.1. The minimum Gasteiger partial charge on any atom is -0.340 e. The number of unbranched alkanes of at least 4 members (excludes halogenated alkanes) is 1. The van der Waals surface area contributed by atoms with Gasteiger partial charge in [-0.2, -0.15) is 5.26 Å². The van der Waals surface area contributed by atoms with Crippen LogP contribution in [0.4, 0.5) is 5.69 Å². The van der Waals surface area contributed by atoms with E-state index in [1.807, 2.05) is 4.57 Å². The average molecular weight is 379 g/mol. The van der Waals surface area contributed by atoms with Gasteiger partial charge in [0.25, 0.3) is 11.8 Å². The van der Waals surface area contributed by atoms with Crippen LogP contribution in [0.1, 0.15) is 65.0 Å². The zero-order valence-electron chi connectivity index (χ0n) is 16.4. The molecule has 0 spiro atoms. The number of carbonyl (C=O) groups excluding carboxylic acids is 2. The standard InChI is InChI=1S/C21H25N5O2/c1-3-4-12-25(2)21(28)18-17-11-7-8-13-26(17)19(24-18)20(27)23-16-10-6-5-9-15(16)14-22/h5-6,9-10H,3-4,7-8,11-13H2,1-2H3,(H,23,27). The van der Waals surface area contributed by atoms with E-state index < -0.39 is 5.91 Å². The second kappa shape index (κ2) is 8.70. The molecule has 2 heterocycles. The largest absolute Gasteiger partial charge is 0.340 e. The Morgan fingerprint density at radius 1 is 1.32 bits per heavy atom. The van der Waals surface area contributed by atoms with Crippen molar-refractivity contribution in [1.29, 1.82) is 5.26 Å². The van der Waals surface area contributed by atoms with E-state index in [9.17, 15) is 14.9 Å². The van der Waals surface area contributed by atoms with Crippen molar-refractivity contribution >= 4 is 17.5 Å². The van der Waals surface area contributed by atoms with E-state index in [4.69, 9.17) is 0 Å². The maximum absolute atomic E-state index is 12.9. The molecule has 0 unspecified atom stereocenters. The molecular weight excluding hydrogens is 354 g/mol. The second-order valence-electron chi connectivity index (χ2n) is 7.03. The normalized spacial score (nSPS) is 12.8. The number of imidazole rings is 1. The molecule has 1 aliphatic heterocycles. The van der Waals surface area contributed by atoms with E-state index in [2.05, 4.69) is 23.3 Å². The molecule has 0 saturated heterocycles. The van der Waals surface area contributed by atoms with Gasteiger partial charge in [0.2, 0.25) is 0 Å². The molecule has 1 aromatic carbocycles. The number of anilines is 1. The van der Waals surface area contributed by atoms with Crippen LogP contribution in [0.2, 0.25) is 0 Å². The second-order valence-corrected chi connectivity index (χ2v) is 7.03. The maximum atomic E-state index is 12.9. The molecule has 0 bridgehead atoms. The van der Waals surface area contributed by atoms with Gasteiger partial charge in [-0.1, -0.05) is 25.5 Å². The smallest absolute Gasteiger partial charge is 0.291 e. The van der Waals surface area contributed by atoms with E-state index in [-0.39, 0.29) is 11.7 Å². The average Bonchev–Trinajstić information content (AvgIpc) is 3.11. The summed E-state index contributed by atoms with van der Waals surface area (Å²) in [5.41, 5.74) is 2.03. The number of nitrogens with one attached hydrogen (secondary N) is 1. The number of hydrogen-bond donors (Lipinski definition) is 1. The van der Waals surface area contributed by atoms with Crippen LogP contribution < -0.4 is 5.32 Å². The van der Waals surface area contributed by atoms with Crippen molar-refractivity contribution in [3.63, 3.8) is 0 Å². The number of hydrogen-bond acceptors (Lipinski definition) is 4. The van der Waals surface area contributed by atoms with Gasteiger partial charge in [-0.05, 0) is 37.8 Å². The monoisotopic (exact) mass is 379 g/mol. The van der Waals surface area contributed by atoms with E-state index in [1.54, 1.807) is 36.2 Å². The van der Waals surface area contributed by atoms with Crippen LogP contribution in [0.5, 0.6) is 0 Å². The molecule has 2 aromatic rings. The number of rotatable bonds is 6. The van der Waals surface area contributed by atoms with Gasteiger partial charge in [0.05, 0.1) is 16.9 Å². The fourth-order valence-electron chi connectivity index (χ4n) is 3.43. The summed E-state index contributed by atoms with van der Waals surface area (Å²) in [5, 5.41) is 12.0. The summed E-state index contributed by atoms with van der Waals surface area (Å²) >= 11 is 0. The molecule has 1 aromatic heterocycles. The number of benzene rings is 1. The summed E-state index contributed by atoms with van der Waals surface area (Å²) < 4.78 is 1.86. The van der Waals surface area contributed by atoms with Crippen molar-refractivity contribution in [3.05, 3.63) is 47.0 Å². The van der Waals surface area contributed by atoms with Crippen LogP contribution in [0.15, 0.2) is 24.3 Å². The number of para-hydroxylation sites is 1. The van der Waals surface area contributed by atoms with Crippen molar-refractivity contribution in [2.24, 2.45) is 0 Å². The predicted octanol–water partition coefficient (Wildman–Crippen LogP) is 3.22. The van der Waals surface area contributed by atoms with Gasteiger partial charge in [0.15, 0.2) is 5.82 Å². The summed E-state index contributed by atoms with van der Waals surface area (Å²) in [5.74, 6) is -0.314. The first kappa shape index (κ1) is 19.6. The van der Waals surface area contributed by atoms with Crippen molar-refractivity contribution in [2.45, 2.75) is 45.6 Å². The maximum Gasteiger partial charge on any atom is 0.291 e. The van der Waals surface area contributed by atoms with Gasteiger partial charge in [-0.3, -0.25) is 9.59 Å². The summed E-state index contributed by atoms with van der Waals surface area (Å²) in [6.45, 7) is 3.41. The molecule has 7 nitrogen and oxygen atoms in total. The van der Waals surface area contributed by atoms with E-state index in [0.717, 1.165) is 37.8 Å². The van der Waals surface area contributed by atoms with Crippen molar-refractivity contribution in [2.75, 3.05) is 18.9 Å². The Labute approximate surface area is 165 Å². The Morgan fingerprint density at radius 3 is 2.86 bits per heavy atom. The Balaban J connectivity index is 1.91. The molecule has 0 radical (unpaired) electrons. The predicted molar refractivity (Wildman–Crippen MR) is 106 cm³/mol. The molecule has 2 amide bonds. The Bertz CT molecular complexity index is 925. The molecule has 0 aliphatic carbocycles. The third-order valence-corrected chi connectivity index (χ3v) is 5.01. The Hall–Kier alpha value is -3.14. The topological polar surface area (TPSA) is 91.0 Å². The number of nitrogens with zero attached hydrogens (tertiary/aromatic N) is 4. The van der Waals surface area contributed by atoms with Gasteiger partial charge in [-0.15, -0.1) is 0 Å². The summed E-state index contributed by atoms with van der Waals surface area (Å²) in [4.78, 5) is 31.9. The zero-order valence-corrected chi connectivity index (χ0v) is 16.4. The molecule has 3 rings (SSSR count). The first-order valence-corrected chi connectivity index (χ1v) is 9.72. The zero-order chi connectivity index (χ0) is 20.1. The summed E-state index contributed by atoms with van der Waals surface area (Å²) in [7, 11) is 1.77. The van der Waals surface area contributed by atoms with Gasteiger partial charge in [-0.25, -0.2) is 4.98 Å². The molecule has 0 fully saturated rings. The van der Waals surface area contributed by atoms with Gasteiger partial charge in [0.1, 0.15) is 11.8 Å². The molecule has 0 saturated carbocycles. The van der Waals surface area contributed by atoms with Crippen LogP contribution in [0.25, 0.3) is 0 Å². The molecule has 28 heavy (non-hydrogen) atoms. The van der Waals surface area contributed by atoms with E-state index in [0.29, 0.717) is 30.0 Å². The van der Waals surface area contributed by atoms with Crippen LogP contribution >= 0.6 is 0 Å². The summed E-state index contributed by atoms with van der Waals surface area (Å²) in [6.07, 6.45) is 4.58. The van der Waals surface area contributed by atoms with Crippen LogP contribution in [0.3, 0.4) is 0 Å². The number of aromatic nitrogens is 2. The fraction of sp³-hybridized carbons (Fsp3) is 0.429. The molecule has 146 valence electrons. The van der Waals surface area contributed by atoms with E-state index in [1.165, 1.54) is 0 Å². The van der Waals surface area contributed by atoms with Crippen molar-refractivity contribution in [3.8, 4) is 6.07 Å². The van der Waals surface area contributed by atoms with Crippen LogP contribution in [-0.2, 0) is 13.0 Å². The van der Waals surface area contributed by atoms with Crippen LogP contribution in [0, 0.1) is 11.3 Å². The highest BCUT2D eigenvalue weighted by molar-refractivity contribution is 6.04. The van der Waals surface area contributed by atoms with Gasteiger partial charge in [0, 0.05) is 20.1 Å². The fourth-order valence-corrected chi connectivity index (χ4v) is 3.43. The Morgan fingerprint density at radius 2 is 2.11 bits per heavy atom.